The summed E-state index contributed by atoms with van der Waals surface area (Å²) in [4.78, 5) is 35.8. The number of benzene rings is 1. The van der Waals surface area contributed by atoms with E-state index in [0.29, 0.717) is 11.1 Å². The number of carbonyl (C=O) groups excluding carboxylic acids is 3. The molecule has 1 radical (unpaired) electrons. The van der Waals surface area contributed by atoms with Crippen LogP contribution in [0.2, 0.25) is 0 Å². The maximum absolute atomic E-state index is 12.0. The Morgan fingerprint density at radius 2 is 1.59 bits per heavy atom. The zero-order chi connectivity index (χ0) is 12.6. The molecule has 1 aliphatic rings. The Bertz CT molecular complexity index is 470. The van der Waals surface area contributed by atoms with E-state index in [0.717, 1.165) is 4.90 Å². The number of nitrogens with zero attached hydrogens (tertiary/aromatic N) is 1. The lowest BCUT2D eigenvalue weighted by atomic mass is 9.95. The fourth-order valence-electron chi connectivity index (χ4n) is 1.81. The Hall–Kier alpha value is -1.97. The first-order valence-electron chi connectivity index (χ1n) is 5.31. The van der Waals surface area contributed by atoms with Crippen LogP contribution >= 0.6 is 0 Å². The molecule has 0 saturated carbocycles. The lowest BCUT2D eigenvalue weighted by Gasteiger charge is -2.22. The molecule has 0 saturated heterocycles. The Morgan fingerprint density at radius 1 is 1.12 bits per heavy atom. The molecule has 87 valence electrons. The summed E-state index contributed by atoms with van der Waals surface area (Å²) in [5.41, 5.74) is -0.0358. The van der Waals surface area contributed by atoms with Crippen LogP contribution < -0.4 is 0 Å². The maximum atomic E-state index is 12.0. The van der Waals surface area contributed by atoms with Crippen molar-refractivity contribution in [1.82, 2.24) is 4.90 Å². The Balaban J connectivity index is 2.34. The van der Waals surface area contributed by atoms with Gasteiger partial charge in [-0.1, -0.05) is 26.0 Å². The third-order valence-corrected chi connectivity index (χ3v) is 2.71. The number of imide groups is 1. The molecular formula is C13H12NO3. The van der Waals surface area contributed by atoms with Gasteiger partial charge in [0.25, 0.3) is 11.8 Å². The van der Waals surface area contributed by atoms with Gasteiger partial charge >= 0.3 is 0 Å². The van der Waals surface area contributed by atoms with Crippen molar-refractivity contribution >= 4 is 18.1 Å². The number of amides is 2. The Kier molecular flexibility index (Phi) is 2.58. The van der Waals surface area contributed by atoms with Gasteiger partial charge in [-0.15, -0.1) is 0 Å². The Morgan fingerprint density at radius 3 is 2.00 bits per heavy atom. The smallest absolute Gasteiger partial charge is 0.261 e. The van der Waals surface area contributed by atoms with Gasteiger partial charge in [0.1, 0.15) is 0 Å². The highest BCUT2D eigenvalue weighted by Gasteiger charge is 2.38. The van der Waals surface area contributed by atoms with Crippen LogP contribution in [0.5, 0.6) is 0 Å². The van der Waals surface area contributed by atoms with E-state index in [4.69, 9.17) is 0 Å². The normalized spacial score (nSPS) is 15.1. The molecule has 0 spiro atoms. The molecule has 17 heavy (non-hydrogen) atoms. The summed E-state index contributed by atoms with van der Waals surface area (Å²) >= 11 is 0. The standard InChI is InChI=1S/C13H12NO3/c1-13(2,8-15)7-14-11(16)9-5-3-4-6-10(9)12(14)17/h3-6H,7H2,1-2H3. The third kappa shape index (κ3) is 1.86. The molecule has 1 heterocycles. The van der Waals surface area contributed by atoms with Gasteiger partial charge < -0.3 is 0 Å². The molecule has 4 nitrogen and oxygen atoms in total. The summed E-state index contributed by atoms with van der Waals surface area (Å²) in [5, 5.41) is 0. The van der Waals surface area contributed by atoms with Crippen LogP contribution in [0.4, 0.5) is 0 Å². The quantitative estimate of drug-likeness (QED) is 0.738. The predicted molar refractivity (Wildman–Crippen MR) is 61.3 cm³/mol. The first kappa shape index (κ1) is 11.5. The molecule has 0 bridgehead atoms. The molecule has 1 aliphatic heterocycles. The number of rotatable bonds is 3. The van der Waals surface area contributed by atoms with Crippen molar-refractivity contribution in [3.63, 3.8) is 0 Å². The van der Waals surface area contributed by atoms with Crippen LogP contribution in [0.3, 0.4) is 0 Å². The monoisotopic (exact) mass is 230 g/mol. The molecule has 0 N–H and O–H groups in total. The largest absolute Gasteiger partial charge is 0.290 e. The average molecular weight is 230 g/mol. The van der Waals surface area contributed by atoms with E-state index in [-0.39, 0.29) is 18.4 Å². The second-order valence-electron chi connectivity index (χ2n) is 4.73. The van der Waals surface area contributed by atoms with Crippen molar-refractivity contribution in [2.24, 2.45) is 5.41 Å². The van der Waals surface area contributed by atoms with Crippen LogP contribution in [0.1, 0.15) is 34.6 Å². The second kappa shape index (κ2) is 3.80. The van der Waals surface area contributed by atoms with Crippen LogP contribution in [-0.2, 0) is 4.79 Å². The molecule has 4 heteroatoms. The van der Waals surface area contributed by atoms with Gasteiger partial charge in [-0.25, -0.2) is 0 Å². The van der Waals surface area contributed by atoms with Gasteiger partial charge in [0.2, 0.25) is 6.29 Å². The SMILES string of the molecule is CC(C)([C]=O)CN1C(=O)c2ccccc2C1=O. The third-order valence-electron chi connectivity index (χ3n) is 2.71. The van der Waals surface area contributed by atoms with Gasteiger partial charge in [0.05, 0.1) is 11.1 Å². The van der Waals surface area contributed by atoms with E-state index < -0.39 is 5.41 Å². The lowest BCUT2D eigenvalue weighted by molar-refractivity contribution is 0.0620. The van der Waals surface area contributed by atoms with E-state index in [2.05, 4.69) is 0 Å². The fraction of sp³-hybridized carbons (Fsp3) is 0.308. The van der Waals surface area contributed by atoms with Crippen molar-refractivity contribution in [2.45, 2.75) is 13.8 Å². The number of hydrogen-bond acceptors (Lipinski definition) is 3. The summed E-state index contributed by atoms with van der Waals surface area (Å²) in [6, 6.07) is 6.66. The molecular weight excluding hydrogens is 218 g/mol. The van der Waals surface area contributed by atoms with Gasteiger partial charge in [0.15, 0.2) is 0 Å². The number of fused-ring (bicyclic) bond motifs is 1. The highest BCUT2D eigenvalue weighted by molar-refractivity contribution is 6.21. The summed E-state index contributed by atoms with van der Waals surface area (Å²) < 4.78 is 0. The topological polar surface area (TPSA) is 54.5 Å². The zero-order valence-corrected chi connectivity index (χ0v) is 9.69. The highest BCUT2D eigenvalue weighted by atomic mass is 16.2. The molecule has 2 amide bonds. The molecule has 0 aromatic heterocycles. The molecule has 1 aromatic carbocycles. The van der Waals surface area contributed by atoms with E-state index in [9.17, 15) is 14.4 Å². The van der Waals surface area contributed by atoms with Crippen molar-refractivity contribution in [2.75, 3.05) is 6.54 Å². The van der Waals surface area contributed by atoms with Crippen molar-refractivity contribution in [1.29, 1.82) is 0 Å². The maximum Gasteiger partial charge on any atom is 0.261 e. The summed E-state index contributed by atoms with van der Waals surface area (Å²) in [7, 11) is 0. The molecule has 0 fully saturated rings. The van der Waals surface area contributed by atoms with E-state index in [1.54, 1.807) is 38.1 Å². The second-order valence-corrected chi connectivity index (χ2v) is 4.73. The minimum atomic E-state index is -0.840. The van der Waals surface area contributed by atoms with Gasteiger partial charge in [-0.05, 0) is 12.1 Å². The van der Waals surface area contributed by atoms with Gasteiger partial charge in [0, 0.05) is 12.0 Å². The van der Waals surface area contributed by atoms with E-state index in [1.807, 2.05) is 6.29 Å². The number of hydrogen-bond donors (Lipinski definition) is 0. The molecule has 0 atom stereocenters. The molecule has 0 aliphatic carbocycles. The van der Waals surface area contributed by atoms with Crippen LogP contribution in [0, 0.1) is 5.41 Å². The first-order chi connectivity index (χ1) is 7.96. The van der Waals surface area contributed by atoms with Crippen LogP contribution in [0.25, 0.3) is 0 Å². The van der Waals surface area contributed by atoms with Crippen molar-refractivity contribution in [3.8, 4) is 0 Å². The average Bonchev–Trinajstić information content (AvgIpc) is 2.55. The summed E-state index contributed by atoms with van der Waals surface area (Å²) in [6.07, 6.45) is 1.84. The highest BCUT2D eigenvalue weighted by Crippen LogP contribution is 2.25. The fourth-order valence-corrected chi connectivity index (χ4v) is 1.81. The zero-order valence-electron chi connectivity index (χ0n) is 9.69. The van der Waals surface area contributed by atoms with Crippen molar-refractivity contribution in [3.05, 3.63) is 35.4 Å². The minimum Gasteiger partial charge on any atom is -0.290 e. The van der Waals surface area contributed by atoms with Gasteiger partial charge in [-0.3, -0.25) is 19.3 Å². The minimum absolute atomic E-state index is 0.0584. The van der Waals surface area contributed by atoms with E-state index in [1.165, 1.54) is 0 Å². The summed E-state index contributed by atoms with van der Waals surface area (Å²) in [6.45, 7) is 3.34. The predicted octanol–water partition coefficient (Wildman–Crippen LogP) is 1.42. The Labute approximate surface area is 99.2 Å². The molecule has 1 aromatic rings. The molecule has 2 rings (SSSR count). The van der Waals surface area contributed by atoms with Crippen LogP contribution in [-0.4, -0.2) is 29.5 Å². The number of carbonyl (C=O) groups is 2. The van der Waals surface area contributed by atoms with E-state index >= 15 is 0 Å². The van der Waals surface area contributed by atoms with Crippen LogP contribution in [0.15, 0.2) is 24.3 Å². The van der Waals surface area contributed by atoms with Gasteiger partial charge in [-0.2, -0.15) is 0 Å². The molecule has 0 unspecified atom stereocenters. The van der Waals surface area contributed by atoms with Crippen molar-refractivity contribution < 1.29 is 14.4 Å². The summed E-state index contributed by atoms with van der Waals surface area (Å²) in [5.74, 6) is -0.678. The lowest BCUT2D eigenvalue weighted by Crippen LogP contribution is -2.39. The first-order valence-corrected chi connectivity index (χ1v) is 5.31.